The van der Waals surface area contributed by atoms with Gasteiger partial charge in [-0.15, -0.1) is 11.6 Å². The van der Waals surface area contributed by atoms with Gasteiger partial charge >= 0.3 is 5.51 Å². The third kappa shape index (κ3) is 6.34. The van der Waals surface area contributed by atoms with Gasteiger partial charge < -0.3 is 0 Å². The average molecular weight is 362 g/mol. The summed E-state index contributed by atoms with van der Waals surface area (Å²) in [6, 6.07) is 7.70. The number of thioether (sulfide) groups is 1. The molecular weight excluding hydrogens is 349 g/mol. The van der Waals surface area contributed by atoms with Crippen molar-refractivity contribution in [3.05, 3.63) is 34.3 Å². The molecule has 0 bridgehead atoms. The predicted octanol–water partition coefficient (Wildman–Crippen LogP) is 5.49. The van der Waals surface area contributed by atoms with Crippen molar-refractivity contribution < 1.29 is 13.2 Å². The fourth-order valence-corrected chi connectivity index (χ4v) is 2.94. The minimum Gasteiger partial charge on any atom is -0.160 e. The Morgan fingerprint density at radius 3 is 2.50 bits per heavy atom. The maximum absolute atomic E-state index is 12.0. The molecule has 0 saturated carbocycles. The van der Waals surface area contributed by atoms with Crippen LogP contribution in [0.2, 0.25) is 0 Å². The Morgan fingerprint density at radius 2 is 1.94 bits per heavy atom. The molecule has 18 heavy (non-hydrogen) atoms. The highest BCUT2D eigenvalue weighted by atomic mass is 79.9. The molecule has 0 aliphatic carbocycles. The summed E-state index contributed by atoms with van der Waals surface area (Å²) in [5, 5.41) is 0. The van der Waals surface area contributed by atoms with Crippen molar-refractivity contribution in [1.29, 1.82) is 0 Å². The number of alkyl halides is 4. The molecule has 1 aromatic rings. The van der Waals surface area contributed by atoms with Gasteiger partial charge in [0.15, 0.2) is 0 Å². The fraction of sp³-hybridized carbons (Fsp3) is 0.500. The van der Waals surface area contributed by atoms with Crippen molar-refractivity contribution >= 4 is 39.3 Å². The zero-order valence-electron chi connectivity index (χ0n) is 9.51. The van der Waals surface area contributed by atoms with E-state index in [1.807, 2.05) is 24.3 Å². The van der Waals surface area contributed by atoms with Crippen LogP contribution in [-0.2, 0) is 6.42 Å². The lowest BCUT2D eigenvalue weighted by atomic mass is 9.99. The van der Waals surface area contributed by atoms with Crippen LogP contribution in [0.1, 0.15) is 12.0 Å². The molecule has 0 saturated heterocycles. The molecule has 0 nitrogen and oxygen atoms in total. The first kappa shape index (κ1) is 16.2. The number of benzene rings is 1. The molecule has 0 fully saturated rings. The van der Waals surface area contributed by atoms with Crippen molar-refractivity contribution in [1.82, 2.24) is 0 Å². The van der Waals surface area contributed by atoms with Crippen LogP contribution < -0.4 is 0 Å². The van der Waals surface area contributed by atoms with Crippen molar-refractivity contribution in [3.63, 3.8) is 0 Å². The molecule has 0 aliphatic heterocycles. The Labute approximate surface area is 122 Å². The van der Waals surface area contributed by atoms with E-state index in [1.54, 1.807) is 0 Å². The highest BCUT2D eigenvalue weighted by Gasteiger charge is 2.28. The second-order valence-electron chi connectivity index (χ2n) is 3.90. The van der Waals surface area contributed by atoms with Gasteiger partial charge in [0.05, 0.1) is 0 Å². The molecule has 0 spiro atoms. The van der Waals surface area contributed by atoms with Gasteiger partial charge in [-0.1, -0.05) is 45.9 Å². The molecule has 1 aromatic carbocycles. The predicted molar refractivity (Wildman–Crippen MR) is 75.2 cm³/mol. The minimum atomic E-state index is -4.15. The number of hydrogen-bond donors (Lipinski definition) is 0. The molecular formula is C12H13BrClF3S. The van der Waals surface area contributed by atoms with Gasteiger partial charge in [0.2, 0.25) is 0 Å². The Hall–Kier alpha value is 0.130. The van der Waals surface area contributed by atoms with Crippen LogP contribution in [0, 0.1) is 5.92 Å². The second-order valence-corrected chi connectivity index (χ2v) is 6.22. The Morgan fingerprint density at radius 1 is 1.28 bits per heavy atom. The van der Waals surface area contributed by atoms with Crippen LogP contribution >= 0.6 is 39.3 Å². The molecule has 1 rings (SSSR count). The summed E-state index contributed by atoms with van der Waals surface area (Å²) in [6.07, 6.45) is 1.17. The van der Waals surface area contributed by atoms with Gasteiger partial charge in [-0.3, -0.25) is 0 Å². The van der Waals surface area contributed by atoms with Crippen molar-refractivity contribution in [2.24, 2.45) is 5.92 Å². The largest absolute Gasteiger partial charge is 0.441 e. The van der Waals surface area contributed by atoms with E-state index in [9.17, 15) is 13.2 Å². The highest BCUT2D eigenvalue weighted by Crippen LogP contribution is 2.32. The van der Waals surface area contributed by atoms with Crippen LogP contribution in [0.15, 0.2) is 28.7 Å². The summed E-state index contributed by atoms with van der Waals surface area (Å²) in [6.45, 7) is 0. The van der Waals surface area contributed by atoms with E-state index in [0.29, 0.717) is 18.7 Å². The highest BCUT2D eigenvalue weighted by molar-refractivity contribution is 9.10. The van der Waals surface area contributed by atoms with Crippen LogP contribution in [0.5, 0.6) is 0 Å². The zero-order valence-corrected chi connectivity index (χ0v) is 12.7. The molecule has 0 aliphatic rings. The minimum absolute atomic E-state index is 0.0217. The lowest BCUT2D eigenvalue weighted by Gasteiger charge is -2.15. The van der Waals surface area contributed by atoms with Gasteiger partial charge in [-0.2, -0.15) is 13.2 Å². The quantitative estimate of drug-likeness (QED) is 0.604. The van der Waals surface area contributed by atoms with Gasteiger partial charge in [0, 0.05) is 16.1 Å². The maximum atomic E-state index is 12.0. The lowest BCUT2D eigenvalue weighted by Crippen LogP contribution is -2.10. The molecule has 6 heteroatoms. The molecule has 1 atom stereocenters. The zero-order chi connectivity index (χ0) is 13.6. The van der Waals surface area contributed by atoms with E-state index >= 15 is 0 Å². The van der Waals surface area contributed by atoms with Gasteiger partial charge in [0.25, 0.3) is 0 Å². The number of hydrogen-bond acceptors (Lipinski definition) is 1. The SMILES string of the molecule is FC(F)(F)SCCC(CCl)Cc1ccccc1Br. The normalized spacial score (nSPS) is 13.6. The van der Waals surface area contributed by atoms with E-state index in [4.69, 9.17) is 11.6 Å². The molecule has 1 unspecified atom stereocenters. The average Bonchev–Trinajstić information content (AvgIpc) is 2.29. The monoisotopic (exact) mass is 360 g/mol. The fourth-order valence-electron chi connectivity index (χ4n) is 1.55. The Balaban J connectivity index is 2.45. The van der Waals surface area contributed by atoms with E-state index in [1.165, 1.54) is 0 Å². The Kier molecular flexibility index (Phi) is 6.88. The van der Waals surface area contributed by atoms with Gasteiger partial charge in [-0.25, -0.2) is 0 Å². The summed E-state index contributed by atoms with van der Waals surface area (Å²) in [5.41, 5.74) is -3.07. The third-order valence-corrected chi connectivity index (χ3v) is 4.45. The van der Waals surface area contributed by atoms with Crippen molar-refractivity contribution in [2.75, 3.05) is 11.6 Å². The molecule has 0 radical (unpaired) electrons. The van der Waals surface area contributed by atoms with Crippen LogP contribution in [0.4, 0.5) is 13.2 Å². The second kappa shape index (κ2) is 7.65. The third-order valence-electron chi connectivity index (χ3n) is 2.48. The van der Waals surface area contributed by atoms with E-state index < -0.39 is 5.51 Å². The summed E-state index contributed by atoms with van der Waals surface area (Å²) in [5.74, 6) is 0.505. The standard InChI is InChI=1S/C12H13BrClF3S/c13-11-4-2-1-3-10(11)7-9(8-14)5-6-18-12(15,16)17/h1-4,9H,5-8H2. The van der Waals surface area contributed by atoms with Crippen LogP contribution in [0.3, 0.4) is 0 Å². The summed E-state index contributed by atoms with van der Waals surface area (Å²) < 4.78 is 37.0. The summed E-state index contributed by atoms with van der Waals surface area (Å²) >= 11 is 9.26. The Bertz CT molecular complexity index is 371. The lowest BCUT2D eigenvalue weighted by molar-refractivity contribution is -0.0328. The van der Waals surface area contributed by atoms with E-state index in [-0.39, 0.29) is 23.4 Å². The first-order chi connectivity index (χ1) is 8.42. The first-order valence-electron chi connectivity index (χ1n) is 5.42. The maximum Gasteiger partial charge on any atom is 0.441 e. The first-order valence-corrected chi connectivity index (χ1v) is 7.73. The number of halogens is 5. The molecule has 0 heterocycles. The topological polar surface area (TPSA) is 0 Å². The number of rotatable bonds is 6. The molecule has 0 amide bonds. The van der Waals surface area contributed by atoms with Gasteiger partial charge in [-0.05, 0) is 30.4 Å². The van der Waals surface area contributed by atoms with Gasteiger partial charge in [0.1, 0.15) is 0 Å². The molecule has 0 aromatic heterocycles. The summed E-state index contributed by atoms with van der Waals surface area (Å²) in [7, 11) is 0. The van der Waals surface area contributed by atoms with Crippen molar-refractivity contribution in [3.8, 4) is 0 Å². The van der Waals surface area contributed by atoms with Crippen molar-refractivity contribution in [2.45, 2.75) is 18.3 Å². The summed E-state index contributed by atoms with van der Waals surface area (Å²) in [4.78, 5) is 0. The molecule has 0 N–H and O–H groups in total. The van der Waals surface area contributed by atoms with Crippen LogP contribution in [-0.4, -0.2) is 17.1 Å². The van der Waals surface area contributed by atoms with Crippen LogP contribution in [0.25, 0.3) is 0 Å². The van der Waals surface area contributed by atoms with E-state index in [2.05, 4.69) is 15.9 Å². The smallest absolute Gasteiger partial charge is 0.160 e. The molecule has 102 valence electrons. The van der Waals surface area contributed by atoms with E-state index in [0.717, 1.165) is 10.0 Å².